The molecule has 3 amide bonds. The standard InChI is InChI=1S/C28H34N4O4/c1-18(2)28(36)32-17-22(31-27(35)25-24(33)13-14-29-25)15-23(32)26(34)30-16-21-11-9-20(10-12-21)6-4-3-5-19-7-8-19/h9-12,18-19,22-25,29,33H,7-8,13-17H2,1-2H3,(H,30,34)(H,31,35)/t22-,23-,24+,25+/m1/s1. The summed E-state index contributed by atoms with van der Waals surface area (Å²) in [7, 11) is 0. The van der Waals surface area contributed by atoms with Crippen molar-refractivity contribution in [3.63, 3.8) is 0 Å². The van der Waals surface area contributed by atoms with Gasteiger partial charge in [-0.15, -0.1) is 0 Å². The Morgan fingerprint density at radius 2 is 1.86 bits per heavy atom. The third kappa shape index (κ3) is 6.66. The average molecular weight is 491 g/mol. The van der Waals surface area contributed by atoms with Crippen LogP contribution in [0, 0.1) is 35.5 Å². The highest BCUT2D eigenvalue weighted by Gasteiger charge is 2.42. The van der Waals surface area contributed by atoms with Gasteiger partial charge in [-0.25, -0.2) is 0 Å². The number of aliphatic hydroxyl groups excluding tert-OH is 1. The Labute approximate surface area is 212 Å². The van der Waals surface area contributed by atoms with E-state index in [-0.39, 0.29) is 36.2 Å². The Bertz CT molecular complexity index is 1100. The lowest BCUT2D eigenvalue weighted by Crippen LogP contribution is -2.50. The highest BCUT2D eigenvalue weighted by molar-refractivity contribution is 5.89. The molecule has 4 N–H and O–H groups in total. The zero-order valence-corrected chi connectivity index (χ0v) is 20.8. The number of nitrogens with zero attached hydrogens (tertiary/aromatic N) is 1. The van der Waals surface area contributed by atoms with Crippen molar-refractivity contribution in [2.24, 2.45) is 11.8 Å². The third-order valence-corrected chi connectivity index (χ3v) is 6.74. The van der Waals surface area contributed by atoms with E-state index in [0.29, 0.717) is 31.8 Å². The molecule has 4 rings (SSSR count). The highest BCUT2D eigenvalue weighted by Crippen LogP contribution is 2.27. The van der Waals surface area contributed by atoms with Gasteiger partial charge in [0.05, 0.1) is 6.10 Å². The van der Waals surface area contributed by atoms with Gasteiger partial charge in [0.1, 0.15) is 12.1 Å². The van der Waals surface area contributed by atoms with Crippen LogP contribution in [-0.4, -0.2) is 65.0 Å². The molecule has 2 aliphatic heterocycles. The summed E-state index contributed by atoms with van der Waals surface area (Å²) < 4.78 is 0. The van der Waals surface area contributed by atoms with E-state index in [4.69, 9.17) is 0 Å². The topological polar surface area (TPSA) is 111 Å². The van der Waals surface area contributed by atoms with Crippen LogP contribution in [-0.2, 0) is 20.9 Å². The molecular weight excluding hydrogens is 456 g/mol. The highest BCUT2D eigenvalue weighted by atomic mass is 16.3. The first-order valence-corrected chi connectivity index (χ1v) is 12.7. The van der Waals surface area contributed by atoms with Gasteiger partial charge in [0, 0.05) is 36.5 Å². The number of nitrogens with one attached hydrogen (secondary N) is 3. The van der Waals surface area contributed by atoms with Crippen LogP contribution in [0.15, 0.2) is 24.3 Å². The minimum Gasteiger partial charge on any atom is -0.391 e. The molecule has 0 bridgehead atoms. The van der Waals surface area contributed by atoms with E-state index in [9.17, 15) is 19.5 Å². The van der Waals surface area contributed by atoms with Crippen LogP contribution in [0.25, 0.3) is 0 Å². The van der Waals surface area contributed by atoms with Gasteiger partial charge in [-0.3, -0.25) is 14.4 Å². The summed E-state index contributed by atoms with van der Waals surface area (Å²) in [5.41, 5.74) is 1.78. The maximum Gasteiger partial charge on any atom is 0.243 e. The maximum atomic E-state index is 13.1. The zero-order valence-electron chi connectivity index (χ0n) is 20.8. The Balaban J connectivity index is 1.33. The van der Waals surface area contributed by atoms with Crippen molar-refractivity contribution in [1.82, 2.24) is 20.9 Å². The Hall–Kier alpha value is -3.33. The molecule has 0 aromatic heterocycles. The van der Waals surface area contributed by atoms with Gasteiger partial charge in [-0.05, 0) is 61.8 Å². The summed E-state index contributed by atoms with van der Waals surface area (Å²) in [5.74, 6) is 11.5. The Kier molecular flexibility index (Phi) is 8.30. The van der Waals surface area contributed by atoms with Crippen molar-refractivity contribution >= 4 is 17.7 Å². The molecule has 8 nitrogen and oxygen atoms in total. The number of hydrogen-bond acceptors (Lipinski definition) is 5. The summed E-state index contributed by atoms with van der Waals surface area (Å²) in [6, 6.07) is 5.93. The van der Waals surface area contributed by atoms with Gasteiger partial charge in [0.2, 0.25) is 17.7 Å². The molecule has 1 aromatic rings. The molecular formula is C28H34N4O4. The maximum absolute atomic E-state index is 13.1. The van der Waals surface area contributed by atoms with Gasteiger partial charge >= 0.3 is 0 Å². The van der Waals surface area contributed by atoms with E-state index in [2.05, 4.69) is 39.6 Å². The lowest BCUT2D eigenvalue weighted by atomic mass is 10.1. The van der Waals surface area contributed by atoms with Crippen LogP contribution in [0.2, 0.25) is 0 Å². The number of carbonyl (C=O) groups excluding carboxylic acids is 3. The molecule has 4 atom stereocenters. The third-order valence-electron chi connectivity index (χ3n) is 6.74. The minimum absolute atomic E-state index is 0.126. The van der Waals surface area contributed by atoms with Crippen molar-refractivity contribution in [3.8, 4) is 23.7 Å². The summed E-state index contributed by atoms with van der Waals surface area (Å²) >= 11 is 0. The van der Waals surface area contributed by atoms with E-state index >= 15 is 0 Å². The number of carbonyl (C=O) groups is 3. The Morgan fingerprint density at radius 1 is 1.11 bits per heavy atom. The van der Waals surface area contributed by atoms with Crippen LogP contribution < -0.4 is 16.0 Å². The zero-order chi connectivity index (χ0) is 25.7. The second kappa shape index (κ2) is 11.6. The molecule has 36 heavy (non-hydrogen) atoms. The van der Waals surface area contributed by atoms with Crippen molar-refractivity contribution in [3.05, 3.63) is 35.4 Å². The van der Waals surface area contributed by atoms with Gasteiger partial charge in [-0.1, -0.05) is 37.8 Å². The molecule has 8 heteroatoms. The molecule has 3 aliphatic rings. The summed E-state index contributed by atoms with van der Waals surface area (Å²) in [4.78, 5) is 40.1. The van der Waals surface area contributed by atoms with E-state index in [1.165, 1.54) is 12.8 Å². The normalized spacial score (nSPS) is 24.9. The number of rotatable bonds is 6. The largest absolute Gasteiger partial charge is 0.391 e. The summed E-state index contributed by atoms with van der Waals surface area (Å²) in [6.07, 6.45) is 2.48. The fourth-order valence-corrected chi connectivity index (χ4v) is 4.49. The Morgan fingerprint density at radius 3 is 2.50 bits per heavy atom. The second-order valence-electron chi connectivity index (χ2n) is 10.1. The van der Waals surface area contributed by atoms with Crippen LogP contribution in [0.1, 0.15) is 50.7 Å². The van der Waals surface area contributed by atoms with Gasteiger partial charge < -0.3 is 26.0 Å². The van der Waals surface area contributed by atoms with E-state index in [1.54, 1.807) is 18.7 Å². The van der Waals surface area contributed by atoms with E-state index in [1.807, 2.05) is 24.3 Å². The monoisotopic (exact) mass is 490 g/mol. The first-order valence-electron chi connectivity index (χ1n) is 12.7. The van der Waals surface area contributed by atoms with Gasteiger partial charge in [0.15, 0.2) is 0 Å². The van der Waals surface area contributed by atoms with Crippen LogP contribution >= 0.6 is 0 Å². The summed E-state index contributed by atoms with van der Waals surface area (Å²) in [5, 5.41) is 18.8. The second-order valence-corrected chi connectivity index (χ2v) is 10.1. The lowest BCUT2D eigenvalue weighted by Gasteiger charge is -2.25. The lowest BCUT2D eigenvalue weighted by molar-refractivity contribution is -0.140. The molecule has 1 aliphatic carbocycles. The molecule has 1 saturated carbocycles. The van der Waals surface area contributed by atoms with Crippen molar-refractivity contribution < 1.29 is 19.5 Å². The fourth-order valence-electron chi connectivity index (χ4n) is 4.49. The number of aliphatic hydroxyl groups is 1. The summed E-state index contributed by atoms with van der Waals surface area (Å²) in [6.45, 7) is 4.76. The van der Waals surface area contributed by atoms with Crippen molar-refractivity contribution in [2.75, 3.05) is 13.1 Å². The van der Waals surface area contributed by atoms with Crippen molar-refractivity contribution in [1.29, 1.82) is 0 Å². The quantitative estimate of drug-likeness (QED) is 0.435. The van der Waals surface area contributed by atoms with Crippen LogP contribution in [0.4, 0.5) is 0 Å². The minimum atomic E-state index is -0.730. The predicted octanol–water partition coefficient (Wildman–Crippen LogP) is 0.532. The molecule has 1 aromatic carbocycles. The van der Waals surface area contributed by atoms with Crippen molar-refractivity contribution in [2.45, 2.75) is 70.3 Å². The first-order chi connectivity index (χ1) is 17.3. The van der Waals surface area contributed by atoms with Crippen LogP contribution in [0.5, 0.6) is 0 Å². The predicted molar refractivity (Wildman–Crippen MR) is 135 cm³/mol. The molecule has 0 spiro atoms. The molecule has 3 fully saturated rings. The fraction of sp³-hybridized carbons (Fsp3) is 0.536. The number of benzene rings is 1. The van der Waals surface area contributed by atoms with Crippen LogP contribution in [0.3, 0.4) is 0 Å². The molecule has 0 radical (unpaired) electrons. The molecule has 2 saturated heterocycles. The van der Waals surface area contributed by atoms with E-state index < -0.39 is 18.2 Å². The van der Waals surface area contributed by atoms with E-state index in [0.717, 1.165) is 11.1 Å². The average Bonchev–Trinajstić information content (AvgIpc) is 3.44. The number of likely N-dealkylation sites (tertiary alicyclic amines) is 1. The number of amides is 3. The smallest absolute Gasteiger partial charge is 0.243 e. The first kappa shape index (κ1) is 25.8. The van der Waals surface area contributed by atoms with Gasteiger partial charge in [-0.2, -0.15) is 0 Å². The number of hydrogen-bond donors (Lipinski definition) is 4. The SMILES string of the molecule is CC(C)C(=O)N1C[C@H](NC(=O)[C@H]2NCC[C@@H]2O)C[C@@H]1C(=O)NCc1ccc(C#CC#CC2CC2)cc1. The van der Waals surface area contributed by atoms with Gasteiger partial charge in [0.25, 0.3) is 0 Å². The molecule has 190 valence electrons. The molecule has 0 unspecified atom stereocenters. The molecule has 2 heterocycles.